The van der Waals surface area contributed by atoms with E-state index in [4.69, 9.17) is 15.0 Å². The number of nitrogens with zero attached hydrogens (tertiary/aromatic N) is 4. The first-order chi connectivity index (χ1) is 23.7. The molecule has 224 valence electrons. The minimum atomic E-state index is 0.624. The van der Waals surface area contributed by atoms with Crippen molar-refractivity contribution in [1.29, 1.82) is 5.26 Å². The first-order valence-electron chi connectivity index (χ1n) is 15.8. The van der Waals surface area contributed by atoms with Gasteiger partial charge in [0.25, 0.3) is 0 Å². The van der Waals surface area contributed by atoms with E-state index in [1.54, 1.807) is 0 Å². The summed E-state index contributed by atoms with van der Waals surface area (Å²) in [4.78, 5) is 14.7. The van der Waals surface area contributed by atoms with Gasteiger partial charge in [-0.1, -0.05) is 146 Å². The molecule has 0 radical (unpaired) electrons. The molecule has 0 aliphatic rings. The summed E-state index contributed by atoms with van der Waals surface area (Å²) in [5.41, 5.74) is 10.1. The Morgan fingerprint density at radius 3 is 1.27 bits per heavy atom. The molecule has 48 heavy (non-hydrogen) atoms. The van der Waals surface area contributed by atoms with Crippen LogP contribution in [0.1, 0.15) is 5.56 Å². The third-order valence-electron chi connectivity index (χ3n) is 8.58. The number of aromatic nitrogens is 3. The molecule has 0 N–H and O–H groups in total. The van der Waals surface area contributed by atoms with Crippen molar-refractivity contribution in [3.63, 3.8) is 0 Å². The second-order valence-electron chi connectivity index (χ2n) is 11.6. The van der Waals surface area contributed by atoms with Crippen molar-refractivity contribution in [1.82, 2.24) is 15.0 Å². The molecule has 0 fully saturated rings. The predicted molar refractivity (Wildman–Crippen MR) is 195 cm³/mol. The summed E-state index contributed by atoms with van der Waals surface area (Å²) < 4.78 is 0. The van der Waals surface area contributed by atoms with Crippen LogP contribution in [-0.2, 0) is 0 Å². The summed E-state index contributed by atoms with van der Waals surface area (Å²) in [6, 6.07) is 60.1. The minimum Gasteiger partial charge on any atom is -0.208 e. The number of benzene rings is 7. The SMILES string of the molecule is N#Cc1ccc(-c2ccccc2-c2cc3ccccc3cc2-c2ccc(-c3nc(-c4ccccc4)nc(-c4ccccc4)n3)cc2)cc1. The van der Waals surface area contributed by atoms with Crippen molar-refractivity contribution in [3.05, 3.63) is 175 Å². The van der Waals surface area contributed by atoms with Gasteiger partial charge in [-0.25, -0.2) is 15.0 Å². The lowest BCUT2D eigenvalue weighted by atomic mass is 9.87. The summed E-state index contributed by atoms with van der Waals surface area (Å²) in [5, 5.41) is 11.7. The van der Waals surface area contributed by atoms with E-state index in [0.717, 1.165) is 50.1 Å². The topological polar surface area (TPSA) is 62.5 Å². The van der Waals surface area contributed by atoms with Crippen LogP contribution in [0, 0.1) is 11.3 Å². The summed E-state index contributed by atoms with van der Waals surface area (Å²) in [5.74, 6) is 1.90. The van der Waals surface area contributed by atoms with Crippen LogP contribution < -0.4 is 0 Å². The van der Waals surface area contributed by atoms with E-state index in [2.05, 4.69) is 91.0 Å². The minimum absolute atomic E-state index is 0.624. The van der Waals surface area contributed by atoms with Gasteiger partial charge in [0.2, 0.25) is 0 Å². The Bertz CT molecular complexity index is 2370. The third-order valence-corrected chi connectivity index (χ3v) is 8.58. The molecule has 8 aromatic rings. The largest absolute Gasteiger partial charge is 0.208 e. The monoisotopic (exact) mass is 612 g/mol. The summed E-state index contributed by atoms with van der Waals surface area (Å²) >= 11 is 0. The molecule has 7 aromatic carbocycles. The summed E-state index contributed by atoms with van der Waals surface area (Å²) in [6.07, 6.45) is 0. The van der Waals surface area contributed by atoms with Crippen LogP contribution in [0.5, 0.6) is 0 Å². The normalized spacial score (nSPS) is 10.9. The molecule has 0 spiro atoms. The van der Waals surface area contributed by atoms with E-state index >= 15 is 0 Å². The van der Waals surface area contributed by atoms with Crippen LogP contribution in [0.4, 0.5) is 0 Å². The van der Waals surface area contributed by atoms with Crippen molar-refractivity contribution in [2.24, 2.45) is 0 Å². The van der Waals surface area contributed by atoms with Crippen LogP contribution in [0.25, 0.3) is 78.3 Å². The second kappa shape index (κ2) is 12.6. The van der Waals surface area contributed by atoms with Gasteiger partial charge in [0.15, 0.2) is 17.5 Å². The summed E-state index contributed by atoms with van der Waals surface area (Å²) in [7, 11) is 0. The maximum absolute atomic E-state index is 9.36. The Hall–Kier alpha value is -6.70. The molecule has 4 heteroatoms. The number of hydrogen-bond acceptors (Lipinski definition) is 4. The van der Waals surface area contributed by atoms with Gasteiger partial charge in [0.05, 0.1) is 11.6 Å². The quantitative estimate of drug-likeness (QED) is 0.187. The zero-order valence-electron chi connectivity index (χ0n) is 26.0. The lowest BCUT2D eigenvalue weighted by Gasteiger charge is -2.17. The van der Waals surface area contributed by atoms with Gasteiger partial charge in [-0.05, 0) is 68.4 Å². The average molecular weight is 613 g/mol. The number of nitriles is 1. The predicted octanol–water partition coefficient (Wildman–Crippen LogP) is 10.9. The lowest BCUT2D eigenvalue weighted by molar-refractivity contribution is 1.07. The van der Waals surface area contributed by atoms with E-state index in [9.17, 15) is 5.26 Å². The molecule has 8 rings (SSSR count). The molecular weight excluding hydrogens is 585 g/mol. The first kappa shape index (κ1) is 28.8. The van der Waals surface area contributed by atoms with Gasteiger partial charge in [0.1, 0.15) is 0 Å². The Kier molecular flexibility index (Phi) is 7.54. The van der Waals surface area contributed by atoms with Gasteiger partial charge in [-0.3, -0.25) is 0 Å². The van der Waals surface area contributed by atoms with Crippen LogP contribution in [0.3, 0.4) is 0 Å². The molecule has 0 saturated heterocycles. The molecule has 0 unspecified atom stereocenters. The third kappa shape index (κ3) is 5.62. The highest BCUT2D eigenvalue weighted by molar-refractivity contribution is 5.99. The van der Waals surface area contributed by atoms with Gasteiger partial charge in [0, 0.05) is 16.7 Å². The maximum atomic E-state index is 9.36. The highest BCUT2D eigenvalue weighted by Gasteiger charge is 2.16. The van der Waals surface area contributed by atoms with Crippen LogP contribution in [0.2, 0.25) is 0 Å². The van der Waals surface area contributed by atoms with Gasteiger partial charge in [-0.2, -0.15) is 5.26 Å². The standard InChI is InChI=1S/C44H28N4/c45-29-30-19-21-31(22-20-30)38-17-9-10-18-39(38)41-28-37-16-8-7-15-36(37)27-40(41)32-23-25-35(26-24-32)44-47-42(33-11-3-1-4-12-33)46-43(48-44)34-13-5-2-6-14-34/h1-28H. The fourth-order valence-corrected chi connectivity index (χ4v) is 6.13. The van der Waals surface area contributed by atoms with Crippen molar-refractivity contribution >= 4 is 10.8 Å². The van der Waals surface area contributed by atoms with Crippen molar-refractivity contribution in [2.45, 2.75) is 0 Å². The molecule has 0 aliphatic carbocycles. The van der Waals surface area contributed by atoms with E-state index < -0.39 is 0 Å². The van der Waals surface area contributed by atoms with Crippen LogP contribution >= 0.6 is 0 Å². The zero-order valence-corrected chi connectivity index (χ0v) is 26.0. The van der Waals surface area contributed by atoms with E-state index in [1.807, 2.05) is 84.9 Å². The highest BCUT2D eigenvalue weighted by Crippen LogP contribution is 2.41. The van der Waals surface area contributed by atoms with Crippen LogP contribution in [0.15, 0.2) is 170 Å². The molecule has 1 aromatic heterocycles. The second-order valence-corrected chi connectivity index (χ2v) is 11.6. The molecule has 0 bridgehead atoms. The Morgan fingerprint density at radius 2 is 0.729 bits per heavy atom. The Balaban J connectivity index is 1.25. The van der Waals surface area contributed by atoms with E-state index in [0.29, 0.717) is 23.0 Å². The molecular formula is C44H28N4. The molecule has 0 amide bonds. The molecule has 4 nitrogen and oxygen atoms in total. The van der Waals surface area contributed by atoms with Gasteiger partial charge < -0.3 is 0 Å². The number of hydrogen-bond donors (Lipinski definition) is 0. The maximum Gasteiger partial charge on any atom is 0.164 e. The Labute approximate surface area is 279 Å². The smallest absolute Gasteiger partial charge is 0.164 e. The first-order valence-corrected chi connectivity index (χ1v) is 15.8. The molecule has 0 saturated carbocycles. The molecule has 0 aliphatic heterocycles. The zero-order chi connectivity index (χ0) is 32.3. The van der Waals surface area contributed by atoms with Gasteiger partial charge in [-0.15, -0.1) is 0 Å². The molecule has 0 atom stereocenters. The number of fused-ring (bicyclic) bond motifs is 1. The van der Waals surface area contributed by atoms with Crippen molar-refractivity contribution < 1.29 is 0 Å². The lowest BCUT2D eigenvalue weighted by Crippen LogP contribution is -2.00. The fourth-order valence-electron chi connectivity index (χ4n) is 6.13. The number of rotatable bonds is 6. The van der Waals surface area contributed by atoms with Gasteiger partial charge >= 0.3 is 0 Å². The van der Waals surface area contributed by atoms with Crippen molar-refractivity contribution in [2.75, 3.05) is 0 Å². The highest BCUT2D eigenvalue weighted by atomic mass is 15.0. The average Bonchev–Trinajstić information content (AvgIpc) is 3.18. The van der Waals surface area contributed by atoms with E-state index in [-0.39, 0.29) is 0 Å². The van der Waals surface area contributed by atoms with Crippen molar-refractivity contribution in [3.8, 4) is 73.6 Å². The van der Waals surface area contributed by atoms with Crippen LogP contribution in [-0.4, -0.2) is 15.0 Å². The van der Waals surface area contributed by atoms with E-state index in [1.165, 1.54) is 10.8 Å². The molecule has 1 heterocycles. The Morgan fingerprint density at radius 1 is 0.333 bits per heavy atom. The summed E-state index contributed by atoms with van der Waals surface area (Å²) in [6.45, 7) is 0. The fraction of sp³-hybridized carbons (Fsp3) is 0.